The molecular formula is C14H15BrF2N2O. The summed E-state index contributed by atoms with van der Waals surface area (Å²) in [7, 11) is 0. The van der Waals surface area contributed by atoms with Crippen LogP contribution in [0.3, 0.4) is 0 Å². The van der Waals surface area contributed by atoms with Gasteiger partial charge in [-0.3, -0.25) is 4.68 Å². The normalized spacial score (nSPS) is 13.0. The largest absolute Gasteiger partial charge is 0.382 e. The zero-order valence-corrected chi connectivity index (χ0v) is 12.9. The lowest BCUT2D eigenvalue weighted by Gasteiger charge is -2.18. The highest BCUT2D eigenvalue weighted by Gasteiger charge is 2.24. The van der Waals surface area contributed by atoms with E-state index in [1.807, 2.05) is 13.8 Å². The van der Waals surface area contributed by atoms with Gasteiger partial charge in [-0.05, 0) is 48.3 Å². The molecule has 3 nitrogen and oxygen atoms in total. The molecule has 0 bridgehead atoms. The zero-order chi connectivity index (χ0) is 15.0. The van der Waals surface area contributed by atoms with Gasteiger partial charge in [0.05, 0.1) is 16.4 Å². The van der Waals surface area contributed by atoms with Gasteiger partial charge in [-0.15, -0.1) is 0 Å². The molecular weight excluding hydrogens is 330 g/mol. The Hall–Kier alpha value is -1.27. The van der Waals surface area contributed by atoms with E-state index in [4.69, 9.17) is 0 Å². The van der Waals surface area contributed by atoms with Crippen LogP contribution >= 0.6 is 15.9 Å². The second kappa shape index (κ2) is 5.61. The van der Waals surface area contributed by atoms with Crippen molar-refractivity contribution < 1.29 is 13.9 Å². The summed E-state index contributed by atoms with van der Waals surface area (Å²) in [6.45, 7) is 5.34. The standard InChI is InChI=1S/C14H15BrF2N2O/c1-7(2)19-13(10(15)6-18-19)14(20)9-4-8(3)11(16)5-12(9)17/h4-7,14,20H,1-3H3. The summed E-state index contributed by atoms with van der Waals surface area (Å²) in [5, 5.41) is 14.6. The first-order valence-electron chi connectivity index (χ1n) is 6.19. The second-order valence-corrected chi connectivity index (χ2v) is 5.80. The number of aliphatic hydroxyl groups is 1. The van der Waals surface area contributed by atoms with E-state index in [1.165, 1.54) is 13.0 Å². The number of aromatic nitrogens is 2. The van der Waals surface area contributed by atoms with Crippen molar-refractivity contribution in [1.29, 1.82) is 0 Å². The van der Waals surface area contributed by atoms with Gasteiger partial charge >= 0.3 is 0 Å². The smallest absolute Gasteiger partial charge is 0.132 e. The fraction of sp³-hybridized carbons (Fsp3) is 0.357. The van der Waals surface area contributed by atoms with E-state index in [1.54, 1.807) is 10.9 Å². The van der Waals surface area contributed by atoms with Gasteiger partial charge in [0.1, 0.15) is 17.7 Å². The summed E-state index contributed by atoms with van der Waals surface area (Å²) >= 11 is 3.30. The van der Waals surface area contributed by atoms with E-state index >= 15 is 0 Å². The molecule has 0 fully saturated rings. The Bertz CT molecular complexity index is 640. The Morgan fingerprint density at radius 1 is 1.25 bits per heavy atom. The topological polar surface area (TPSA) is 38.1 Å². The molecule has 1 heterocycles. The summed E-state index contributed by atoms with van der Waals surface area (Å²) in [6, 6.07) is 2.12. The van der Waals surface area contributed by atoms with Gasteiger partial charge in [0.15, 0.2) is 0 Å². The zero-order valence-electron chi connectivity index (χ0n) is 11.4. The molecule has 0 spiro atoms. The molecule has 0 amide bonds. The molecule has 0 saturated heterocycles. The van der Waals surface area contributed by atoms with Crippen LogP contribution in [0.15, 0.2) is 22.8 Å². The number of hydrogen-bond acceptors (Lipinski definition) is 2. The highest BCUT2D eigenvalue weighted by atomic mass is 79.9. The Morgan fingerprint density at radius 3 is 2.50 bits per heavy atom. The van der Waals surface area contributed by atoms with Gasteiger partial charge in [-0.25, -0.2) is 8.78 Å². The van der Waals surface area contributed by atoms with Crippen LogP contribution in [0.5, 0.6) is 0 Å². The quantitative estimate of drug-likeness (QED) is 0.916. The third-order valence-corrected chi connectivity index (χ3v) is 3.72. The molecule has 1 atom stereocenters. The molecule has 108 valence electrons. The van der Waals surface area contributed by atoms with E-state index in [9.17, 15) is 13.9 Å². The van der Waals surface area contributed by atoms with Crippen molar-refractivity contribution in [3.8, 4) is 0 Å². The van der Waals surface area contributed by atoms with Crippen LogP contribution in [0.1, 0.15) is 42.8 Å². The van der Waals surface area contributed by atoms with Crippen molar-refractivity contribution in [2.45, 2.75) is 32.9 Å². The predicted octanol–water partition coefficient (Wildman–Crippen LogP) is 3.89. The van der Waals surface area contributed by atoms with Gasteiger partial charge in [-0.2, -0.15) is 5.10 Å². The number of benzene rings is 1. The predicted molar refractivity (Wildman–Crippen MR) is 75.5 cm³/mol. The number of rotatable bonds is 3. The van der Waals surface area contributed by atoms with E-state index in [0.29, 0.717) is 10.2 Å². The summed E-state index contributed by atoms with van der Waals surface area (Å²) < 4.78 is 29.4. The summed E-state index contributed by atoms with van der Waals surface area (Å²) in [6.07, 6.45) is 0.334. The molecule has 1 unspecified atom stereocenters. The minimum atomic E-state index is -1.21. The summed E-state index contributed by atoms with van der Waals surface area (Å²) in [5.41, 5.74) is 0.768. The molecule has 1 N–H and O–H groups in total. The molecule has 1 aromatic carbocycles. The Balaban J connectivity index is 2.54. The number of halogens is 3. The van der Waals surface area contributed by atoms with Crippen LogP contribution in [0.4, 0.5) is 8.78 Å². The van der Waals surface area contributed by atoms with E-state index in [2.05, 4.69) is 21.0 Å². The van der Waals surface area contributed by atoms with Crippen molar-refractivity contribution >= 4 is 15.9 Å². The fourth-order valence-corrected chi connectivity index (χ4v) is 2.54. The van der Waals surface area contributed by atoms with Crippen LogP contribution < -0.4 is 0 Å². The van der Waals surface area contributed by atoms with Crippen LogP contribution in [0.25, 0.3) is 0 Å². The van der Waals surface area contributed by atoms with E-state index in [-0.39, 0.29) is 17.2 Å². The summed E-state index contributed by atoms with van der Waals surface area (Å²) in [5.74, 6) is -1.40. The highest BCUT2D eigenvalue weighted by Crippen LogP contribution is 2.32. The Morgan fingerprint density at radius 2 is 1.90 bits per heavy atom. The first kappa shape index (κ1) is 15.1. The molecule has 20 heavy (non-hydrogen) atoms. The number of nitrogens with zero attached hydrogens (tertiary/aromatic N) is 2. The van der Waals surface area contributed by atoms with E-state index < -0.39 is 17.7 Å². The van der Waals surface area contributed by atoms with Crippen molar-refractivity contribution in [2.24, 2.45) is 0 Å². The lowest BCUT2D eigenvalue weighted by atomic mass is 10.0. The molecule has 2 aromatic rings. The van der Waals surface area contributed by atoms with Crippen LogP contribution in [-0.4, -0.2) is 14.9 Å². The first-order valence-corrected chi connectivity index (χ1v) is 6.98. The molecule has 0 aliphatic rings. The maximum atomic E-state index is 13.9. The number of aryl methyl sites for hydroxylation is 1. The first-order chi connectivity index (χ1) is 9.32. The third kappa shape index (κ3) is 2.62. The van der Waals surface area contributed by atoms with Gasteiger partial charge in [0.2, 0.25) is 0 Å². The fourth-order valence-electron chi connectivity index (χ4n) is 2.05. The van der Waals surface area contributed by atoms with Gasteiger partial charge in [0, 0.05) is 17.7 Å². The van der Waals surface area contributed by atoms with Crippen molar-refractivity contribution in [3.05, 3.63) is 51.3 Å². The third-order valence-electron chi connectivity index (χ3n) is 3.11. The molecule has 6 heteroatoms. The van der Waals surface area contributed by atoms with Crippen LogP contribution in [-0.2, 0) is 0 Å². The average molecular weight is 345 g/mol. The molecule has 0 aliphatic carbocycles. The Kier molecular flexibility index (Phi) is 4.25. The maximum Gasteiger partial charge on any atom is 0.132 e. The summed E-state index contributed by atoms with van der Waals surface area (Å²) in [4.78, 5) is 0. The monoisotopic (exact) mass is 344 g/mol. The van der Waals surface area contributed by atoms with Gasteiger partial charge in [-0.1, -0.05) is 0 Å². The highest BCUT2D eigenvalue weighted by molar-refractivity contribution is 9.10. The molecule has 0 aliphatic heterocycles. The molecule has 0 radical (unpaired) electrons. The second-order valence-electron chi connectivity index (χ2n) is 4.94. The number of hydrogen-bond donors (Lipinski definition) is 1. The van der Waals surface area contributed by atoms with Gasteiger partial charge in [0.25, 0.3) is 0 Å². The van der Waals surface area contributed by atoms with Crippen molar-refractivity contribution in [1.82, 2.24) is 9.78 Å². The molecule has 0 saturated carbocycles. The maximum absolute atomic E-state index is 13.9. The Labute approximate surface area is 124 Å². The van der Waals surface area contributed by atoms with Crippen LogP contribution in [0, 0.1) is 18.6 Å². The molecule has 2 rings (SSSR count). The van der Waals surface area contributed by atoms with Gasteiger partial charge < -0.3 is 5.11 Å². The lowest BCUT2D eigenvalue weighted by Crippen LogP contribution is -2.14. The SMILES string of the molecule is Cc1cc(C(O)c2c(Br)cnn2C(C)C)c(F)cc1F. The van der Waals surface area contributed by atoms with Crippen LogP contribution in [0.2, 0.25) is 0 Å². The van der Waals surface area contributed by atoms with E-state index in [0.717, 1.165) is 6.07 Å². The minimum absolute atomic E-state index is 0.00977. The minimum Gasteiger partial charge on any atom is -0.382 e. The van der Waals surface area contributed by atoms with Crippen molar-refractivity contribution in [3.63, 3.8) is 0 Å². The lowest BCUT2D eigenvalue weighted by molar-refractivity contribution is 0.199. The van der Waals surface area contributed by atoms with Crippen molar-refractivity contribution in [2.75, 3.05) is 0 Å². The number of aliphatic hydroxyl groups excluding tert-OH is 1. The molecule has 1 aromatic heterocycles. The average Bonchev–Trinajstić information content (AvgIpc) is 2.75.